The van der Waals surface area contributed by atoms with Gasteiger partial charge in [0, 0.05) is 10.8 Å². The Balaban J connectivity index is 5.46. The summed E-state index contributed by atoms with van der Waals surface area (Å²) in [5.41, 5.74) is -2.39. The summed E-state index contributed by atoms with van der Waals surface area (Å²) in [4.78, 5) is 0. The molecule has 0 nitrogen and oxygen atoms in total. The fraction of sp³-hybridized carbons (Fsp3) is 0.867. The van der Waals surface area contributed by atoms with E-state index in [2.05, 4.69) is 0 Å². The van der Waals surface area contributed by atoms with Crippen LogP contribution in [-0.2, 0) is 0 Å². The first-order valence-electron chi connectivity index (χ1n) is 6.80. The minimum Gasteiger partial charge on any atom is -0.240 e. The zero-order valence-electron chi connectivity index (χ0n) is 12.5. The quantitative estimate of drug-likeness (QED) is 0.511. The maximum Gasteiger partial charge on any atom is 0.284 e. The molecule has 0 rings (SSSR count). The van der Waals surface area contributed by atoms with Gasteiger partial charge in [0.2, 0.25) is 0 Å². The van der Waals surface area contributed by atoms with E-state index in [4.69, 9.17) is 0 Å². The summed E-state index contributed by atoms with van der Waals surface area (Å²) in [5, 5.41) is 0. The number of allylic oxidation sites excluding steroid dienone is 2. The molecule has 0 saturated carbocycles. The normalized spacial score (nSPS) is 18.9. The van der Waals surface area contributed by atoms with Crippen molar-refractivity contribution in [3.63, 3.8) is 0 Å². The molecule has 0 aliphatic heterocycles. The third-order valence-corrected chi connectivity index (χ3v) is 4.57. The minimum absolute atomic E-state index is 0.270. The van der Waals surface area contributed by atoms with Crippen molar-refractivity contribution in [1.29, 1.82) is 0 Å². The van der Waals surface area contributed by atoms with E-state index in [-0.39, 0.29) is 12.8 Å². The summed E-state index contributed by atoms with van der Waals surface area (Å²) in [6.07, 6.45) is 1.96. The monoisotopic (exact) mass is 264 g/mol. The highest BCUT2D eigenvalue weighted by molar-refractivity contribution is 5.07. The van der Waals surface area contributed by atoms with Crippen molar-refractivity contribution in [3.05, 3.63) is 12.2 Å². The lowest BCUT2D eigenvalue weighted by molar-refractivity contribution is -0.190. The first-order chi connectivity index (χ1) is 8.15. The smallest absolute Gasteiger partial charge is 0.240 e. The molecule has 0 heterocycles. The maximum atomic E-state index is 14.5. The second kappa shape index (κ2) is 6.12. The van der Waals surface area contributed by atoms with Crippen LogP contribution in [-0.4, -0.2) is 12.1 Å². The molecule has 0 aromatic heterocycles. The van der Waals surface area contributed by atoms with Gasteiger partial charge in [0.1, 0.15) is 0 Å². The standard InChI is InChI=1S/C15H27F3/c1-7-11-13(5,8-2)12(16)15(17,18)14(6,9-3)10-4/h7,11-12H,8-10H2,1-6H3. The molecule has 0 N–H and O–H groups in total. The zero-order valence-corrected chi connectivity index (χ0v) is 12.5. The second-order valence-electron chi connectivity index (χ2n) is 5.61. The van der Waals surface area contributed by atoms with Crippen molar-refractivity contribution in [3.8, 4) is 0 Å². The first kappa shape index (κ1) is 17.5. The summed E-state index contributed by atoms with van der Waals surface area (Å²) in [7, 11) is 0. The summed E-state index contributed by atoms with van der Waals surface area (Å²) in [5.74, 6) is -3.32. The van der Waals surface area contributed by atoms with E-state index in [1.807, 2.05) is 0 Å². The van der Waals surface area contributed by atoms with Gasteiger partial charge in [-0.15, -0.1) is 0 Å². The Morgan fingerprint density at radius 2 is 1.44 bits per heavy atom. The molecular formula is C15H27F3. The lowest BCUT2D eigenvalue weighted by Crippen LogP contribution is -2.51. The van der Waals surface area contributed by atoms with Crippen molar-refractivity contribution in [1.82, 2.24) is 0 Å². The number of hydrogen-bond donors (Lipinski definition) is 0. The summed E-state index contributed by atoms with van der Waals surface area (Å²) >= 11 is 0. The number of alkyl halides is 3. The van der Waals surface area contributed by atoms with E-state index >= 15 is 0 Å². The van der Waals surface area contributed by atoms with Gasteiger partial charge >= 0.3 is 0 Å². The Hall–Kier alpha value is -0.470. The van der Waals surface area contributed by atoms with Gasteiger partial charge in [-0.05, 0) is 26.2 Å². The van der Waals surface area contributed by atoms with Crippen LogP contribution in [0, 0.1) is 10.8 Å². The molecule has 0 aliphatic carbocycles. The first-order valence-corrected chi connectivity index (χ1v) is 6.80. The lowest BCUT2D eigenvalue weighted by Gasteiger charge is -2.43. The van der Waals surface area contributed by atoms with Gasteiger partial charge in [-0.25, -0.2) is 13.2 Å². The predicted octanol–water partition coefficient (Wildman–Crippen LogP) is 5.78. The highest BCUT2D eigenvalue weighted by atomic mass is 19.3. The van der Waals surface area contributed by atoms with E-state index in [1.165, 1.54) is 6.92 Å². The molecule has 0 radical (unpaired) electrons. The Labute approximate surface area is 110 Å². The van der Waals surface area contributed by atoms with Crippen molar-refractivity contribution in [2.45, 2.75) is 72.9 Å². The molecule has 108 valence electrons. The van der Waals surface area contributed by atoms with Gasteiger partial charge in [0.05, 0.1) is 0 Å². The van der Waals surface area contributed by atoms with Crippen molar-refractivity contribution in [2.75, 3.05) is 0 Å². The van der Waals surface area contributed by atoms with Crippen LogP contribution >= 0.6 is 0 Å². The van der Waals surface area contributed by atoms with Crippen LogP contribution in [0.1, 0.15) is 60.8 Å². The van der Waals surface area contributed by atoms with Crippen LogP contribution in [0.2, 0.25) is 0 Å². The summed E-state index contributed by atoms with van der Waals surface area (Å²) in [6.45, 7) is 9.92. The van der Waals surface area contributed by atoms with Gasteiger partial charge in [0.25, 0.3) is 5.92 Å². The third-order valence-electron chi connectivity index (χ3n) is 4.57. The van der Waals surface area contributed by atoms with Gasteiger partial charge in [-0.2, -0.15) is 0 Å². The Kier molecular flexibility index (Phi) is 5.96. The molecule has 0 spiro atoms. The Morgan fingerprint density at radius 1 is 1.00 bits per heavy atom. The number of halogens is 3. The van der Waals surface area contributed by atoms with Crippen LogP contribution in [0.25, 0.3) is 0 Å². The SMILES string of the molecule is CC=CC(C)(CC)C(F)C(F)(F)C(C)(CC)CC. The van der Waals surface area contributed by atoms with Crippen LogP contribution in [0.5, 0.6) is 0 Å². The van der Waals surface area contributed by atoms with E-state index in [1.54, 1.807) is 46.8 Å². The minimum atomic E-state index is -3.32. The van der Waals surface area contributed by atoms with E-state index < -0.39 is 22.9 Å². The maximum absolute atomic E-state index is 14.5. The number of hydrogen-bond acceptors (Lipinski definition) is 0. The van der Waals surface area contributed by atoms with Crippen molar-refractivity contribution >= 4 is 0 Å². The molecule has 0 fully saturated rings. The number of rotatable bonds is 7. The average molecular weight is 264 g/mol. The van der Waals surface area contributed by atoms with Gasteiger partial charge in [-0.3, -0.25) is 0 Å². The largest absolute Gasteiger partial charge is 0.284 e. The van der Waals surface area contributed by atoms with Crippen LogP contribution in [0.4, 0.5) is 13.2 Å². The molecule has 0 aromatic carbocycles. The Bertz CT molecular complexity index is 279. The topological polar surface area (TPSA) is 0 Å². The summed E-state index contributed by atoms with van der Waals surface area (Å²) < 4.78 is 43.4. The molecule has 3 heteroatoms. The fourth-order valence-electron chi connectivity index (χ4n) is 2.20. The molecular weight excluding hydrogens is 237 g/mol. The van der Waals surface area contributed by atoms with E-state index in [0.29, 0.717) is 6.42 Å². The lowest BCUT2D eigenvalue weighted by atomic mass is 9.69. The fourth-order valence-corrected chi connectivity index (χ4v) is 2.20. The Morgan fingerprint density at radius 3 is 1.72 bits per heavy atom. The average Bonchev–Trinajstić information content (AvgIpc) is 2.36. The second-order valence-corrected chi connectivity index (χ2v) is 5.61. The third kappa shape index (κ3) is 2.92. The van der Waals surface area contributed by atoms with E-state index in [9.17, 15) is 13.2 Å². The highest BCUT2D eigenvalue weighted by Gasteiger charge is 2.58. The zero-order chi connectivity index (χ0) is 14.6. The van der Waals surface area contributed by atoms with Gasteiger partial charge in [0.15, 0.2) is 6.17 Å². The van der Waals surface area contributed by atoms with Crippen molar-refractivity contribution < 1.29 is 13.2 Å². The molecule has 18 heavy (non-hydrogen) atoms. The van der Waals surface area contributed by atoms with Crippen LogP contribution < -0.4 is 0 Å². The molecule has 0 aliphatic rings. The highest BCUT2D eigenvalue weighted by Crippen LogP contribution is 2.51. The van der Waals surface area contributed by atoms with Crippen molar-refractivity contribution in [2.24, 2.45) is 10.8 Å². The molecule has 2 atom stereocenters. The molecule has 0 aromatic rings. The predicted molar refractivity (Wildman–Crippen MR) is 71.7 cm³/mol. The van der Waals surface area contributed by atoms with E-state index in [0.717, 1.165) is 0 Å². The molecule has 0 bridgehead atoms. The molecule has 2 unspecified atom stereocenters. The van der Waals surface area contributed by atoms with Gasteiger partial charge < -0.3 is 0 Å². The molecule has 0 amide bonds. The summed E-state index contributed by atoms with van der Waals surface area (Å²) in [6, 6.07) is 0. The van der Waals surface area contributed by atoms with Crippen LogP contribution in [0.3, 0.4) is 0 Å². The van der Waals surface area contributed by atoms with Gasteiger partial charge in [-0.1, -0.05) is 46.8 Å². The molecule has 0 saturated heterocycles. The van der Waals surface area contributed by atoms with Crippen LogP contribution in [0.15, 0.2) is 12.2 Å².